The van der Waals surface area contributed by atoms with Gasteiger partial charge in [0.25, 0.3) is 0 Å². The molecule has 0 heterocycles. The minimum Gasteiger partial charge on any atom is -0.377 e. The summed E-state index contributed by atoms with van der Waals surface area (Å²) in [6.45, 7) is 14.2. The van der Waals surface area contributed by atoms with E-state index in [1.807, 2.05) is 0 Å². The van der Waals surface area contributed by atoms with Crippen molar-refractivity contribution in [3.8, 4) is 0 Å². The zero-order valence-electron chi connectivity index (χ0n) is 14.4. The molecular weight excluding hydrogens is 248 g/mol. The Bertz CT molecular complexity index is 247. The zero-order valence-corrected chi connectivity index (χ0v) is 14.4. The van der Waals surface area contributed by atoms with E-state index in [1.54, 1.807) is 0 Å². The van der Waals surface area contributed by atoms with Crippen molar-refractivity contribution in [1.29, 1.82) is 0 Å². The molecule has 1 N–H and O–H groups in total. The van der Waals surface area contributed by atoms with Crippen molar-refractivity contribution in [1.82, 2.24) is 10.2 Å². The summed E-state index contributed by atoms with van der Waals surface area (Å²) in [5.74, 6) is 0.741. The Balaban J connectivity index is 2.33. The van der Waals surface area contributed by atoms with Crippen molar-refractivity contribution in [2.45, 2.75) is 59.5 Å². The van der Waals surface area contributed by atoms with E-state index in [0.29, 0.717) is 11.5 Å². The van der Waals surface area contributed by atoms with Crippen molar-refractivity contribution < 1.29 is 4.74 Å². The van der Waals surface area contributed by atoms with E-state index in [-0.39, 0.29) is 0 Å². The first-order valence-corrected chi connectivity index (χ1v) is 8.44. The lowest BCUT2D eigenvalue weighted by Gasteiger charge is -2.34. The van der Waals surface area contributed by atoms with Gasteiger partial charge in [-0.05, 0) is 51.6 Å². The molecule has 3 heteroatoms. The molecule has 0 radical (unpaired) electrons. The molecule has 0 unspecified atom stereocenters. The smallest absolute Gasteiger partial charge is 0.0596 e. The highest BCUT2D eigenvalue weighted by Gasteiger charge is 2.34. The molecule has 0 aromatic rings. The number of ether oxygens (including phenoxy) is 1. The predicted molar refractivity (Wildman–Crippen MR) is 87.2 cm³/mol. The first-order valence-electron chi connectivity index (χ1n) is 8.44. The average molecular weight is 284 g/mol. The van der Waals surface area contributed by atoms with Gasteiger partial charge in [-0.2, -0.15) is 0 Å². The summed E-state index contributed by atoms with van der Waals surface area (Å²) in [6, 6.07) is 0. The van der Waals surface area contributed by atoms with E-state index in [1.165, 1.54) is 38.8 Å². The Morgan fingerprint density at radius 3 is 2.35 bits per heavy atom. The zero-order chi connectivity index (χ0) is 15.0. The number of hydrogen-bond donors (Lipinski definition) is 1. The Kier molecular flexibility index (Phi) is 8.08. The van der Waals surface area contributed by atoms with Gasteiger partial charge in [-0.1, -0.05) is 26.7 Å². The maximum absolute atomic E-state index is 5.67. The first-order chi connectivity index (χ1) is 9.43. The third-order valence-corrected chi connectivity index (χ3v) is 4.25. The molecular formula is C17H36N2O. The predicted octanol–water partition coefficient (Wildman–Crippen LogP) is 3.15. The third-order valence-electron chi connectivity index (χ3n) is 4.25. The second kappa shape index (κ2) is 9.01. The molecule has 0 bridgehead atoms. The van der Waals surface area contributed by atoms with Gasteiger partial charge in [0.15, 0.2) is 0 Å². The third kappa shape index (κ3) is 7.05. The molecule has 0 saturated heterocycles. The van der Waals surface area contributed by atoms with E-state index in [0.717, 1.165) is 25.6 Å². The molecule has 20 heavy (non-hydrogen) atoms. The van der Waals surface area contributed by atoms with Gasteiger partial charge >= 0.3 is 0 Å². The number of likely N-dealkylation sites (N-methyl/N-ethyl adjacent to an activating group) is 1. The van der Waals surface area contributed by atoms with Crippen LogP contribution in [0.25, 0.3) is 0 Å². The second-order valence-corrected chi connectivity index (χ2v) is 7.39. The van der Waals surface area contributed by atoms with Crippen LogP contribution in [0.2, 0.25) is 0 Å². The van der Waals surface area contributed by atoms with Crippen LogP contribution >= 0.6 is 0 Å². The standard InChI is InChI=1S/C17H36N2O/c1-15(2)12-18-13-17(8-6-7-9-17)14-19(5)10-11-20-16(3)4/h15-16,18H,6-14H2,1-5H3. The number of hydrogen-bond acceptors (Lipinski definition) is 3. The van der Waals surface area contributed by atoms with Crippen LogP contribution < -0.4 is 5.32 Å². The summed E-state index contributed by atoms with van der Waals surface area (Å²) in [4.78, 5) is 2.46. The van der Waals surface area contributed by atoms with Gasteiger partial charge in [-0.25, -0.2) is 0 Å². The fraction of sp³-hybridized carbons (Fsp3) is 1.00. The maximum Gasteiger partial charge on any atom is 0.0596 e. The van der Waals surface area contributed by atoms with Crippen molar-refractivity contribution >= 4 is 0 Å². The molecule has 1 rings (SSSR count). The Labute approximate surface area is 126 Å². The Morgan fingerprint density at radius 1 is 1.15 bits per heavy atom. The fourth-order valence-corrected chi connectivity index (χ4v) is 3.24. The van der Waals surface area contributed by atoms with Crippen LogP contribution in [0.4, 0.5) is 0 Å². The lowest BCUT2D eigenvalue weighted by Crippen LogP contribution is -2.43. The quantitative estimate of drug-likeness (QED) is 0.667. The summed E-state index contributed by atoms with van der Waals surface area (Å²) in [5.41, 5.74) is 0.501. The van der Waals surface area contributed by atoms with Crippen molar-refractivity contribution in [3.05, 3.63) is 0 Å². The minimum atomic E-state index is 0.344. The molecule has 120 valence electrons. The highest BCUT2D eigenvalue weighted by molar-refractivity contribution is 4.89. The lowest BCUT2D eigenvalue weighted by atomic mass is 9.85. The topological polar surface area (TPSA) is 24.5 Å². The molecule has 1 aliphatic rings. The van der Waals surface area contributed by atoms with Gasteiger partial charge < -0.3 is 15.0 Å². The summed E-state index contributed by atoms with van der Waals surface area (Å²) in [5, 5.41) is 3.69. The molecule has 3 nitrogen and oxygen atoms in total. The summed E-state index contributed by atoms with van der Waals surface area (Å²) >= 11 is 0. The van der Waals surface area contributed by atoms with E-state index >= 15 is 0 Å². The van der Waals surface area contributed by atoms with Crippen molar-refractivity contribution in [2.24, 2.45) is 11.3 Å². The normalized spacial score (nSPS) is 18.6. The van der Waals surface area contributed by atoms with E-state index in [9.17, 15) is 0 Å². The van der Waals surface area contributed by atoms with Crippen LogP contribution in [0.3, 0.4) is 0 Å². The first kappa shape index (κ1) is 17.9. The summed E-state index contributed by atoms with van der Waals surface area (Å²) in [6.07, 6.45) is 5.91. The van der Waals surface area contributed by atoms with Crippen molar-refractivity contribution in [3.63, 3.8) is 0 Å². The van der Waals surface area contributed by atoms with Gasteiger partial charge in [-0.15, -0.1) is 0 Å². The van der Waals surface area contributed by atoms with Gasteiger partial charge in [0.05, 0.1) is 12.7 Å². The molecule has 0 aliphatic heterocycles. The molecule has 1 fully saturated rings. The molecule has 0 amide bonds. The van der Waals surface area contributed by atoms with Crippen LogP contribution in [0.5, 0.6) is 0 Å². The monoisotopic (exact) mass is 284 g/mol. The van der Waals surface area contributed by atoms with E-state index in [2.05, 4.69) is 45.0 Å². The van der Waals surface area contributed by atoms with Crippen molar-refractivity contribution in [2.75, 3.05) is 39.8 Å². The van der Waals surface area contributed by atoms with Crippen LogP contribution in [0, 0.1) is 11.3 Å². The minimum absolute atomic E-state index is 0.344. The summed E-state index contributed by atoms with van der Waals surface area (Å²) < 4.78 is 5.67. The molecule has 0 aromatic carbocycles. The molecule has 0 spiro atoms. The van der Waals surface area contributed by atoms with Gasteiger partial charge in [0.1, 0.15) is 0 Å². The molecule has 1 aliphatic carbocycles. The Hall–Kier alpha value is -0.120. The van der Waals surface area contributed by atoms with Gasteiger partial charge in [-0.3, -0.25) is 0 Å². The van der Waals surface area contributed by atoms with Crippen LogP contribution in [0.1, 0.15) is 53.4 Å². The maximum atomic E-state index is 5.67. The number of nitrogens with zero attached hydrogens (tertiary/aromatic N) is 1. The van der Waals surface area contributed by atoms with Gasteiger partial charge in [0, 0.05) is 19.6 Å². The number of rotatable bonds is 10. The van der Waals surface area contributed by atoms with Gasteiger partial charge in [0.2, 0.25) is 0 Å². The van der Waals surface area contributed by atoms with Crippen LogP contribution in [-0.4, -0.2) is 50.8 Å². The number of nitrogens with one attached hydrogen (secondary N) is 1. The largest absolute Gasteiger partial charge is 0.377 e. The van der Waals surface area contributed by atoms with E-state index < -0.39 is 0 Å². The molecule has 1 saturated carbocycles. The SMILES string of the molecule is CC(C)CNCC1(CN(C)CCOC(C)C)CCCC1. The Morgan fingerprint density at radius 2 is 1.80 bits per heavy atom. The van der Waals surface area contributed by atoms with Crippen LogP contribution in [0.15, 0.2) is 0 Å². The van der Waals surface area contributed by atoms with Crippen LogP contribution in [-0.2, 0) is 4.74 Å². The molecule has 0 atom stereocenters. The highest BCUT2D eigenvalue weighted by atomic mass is 16.5. The lowest BCUT2D eigenvalue weighted by molar-refractivity contribution is 0.0544. The molecule has 0 aromatic heterocycles. The fourth-order valence-electron chi connectivity index (χ4n) is 3.24. The summed E-state index contributed by atoms with van der Waals surface area (Å²) in [7, 11) is 2.24. The van der Waals surface area contributed by atoms with E-state index in [4.69, 9.17) is 4.74 Å². The second-order valence-electron chi connectivity index (χ2n) is 7.39. The average Bonchev–Trinajstić information content (AvgIpc) is 2.76. The highest BCUT2D eigenvalue weighted by Crippen LogP contribution is 2.38.